The van der Waals surface area contributed by atoms with E-state index < -0.39 is 0 Å². The van der Waals surface area contributed by atoms with Crippen LogP contribution in [0.3, 0.4) is 0 Å². The van der Waals surface area contributed by atoms with Crippen LogP contribution in [-0.4, -0.2) is 73.2 Å². The number of anilines is 2. The first kappa shape index (κ1) is 13.5. The average Bonchev–Trinajstić information content (AvgIpc) is 3.25. The molecule has 2 saturated heterocycles. The van der Waals surface area contributed by atoms with Gasteiger partial charge in [-0.1, -0.05) is 0 Å². The fraction of sp³-hybridized carbons (Fsp3) is 0.667. The highest BCUT2D eigenvalue weighted by Gasteiger charge is 2.29. The molecule has 0 spiro atoms. The van der Waals surface area contributed by atoms with Gasteiger partial charge in [-0.25, -0.2) is 9.26 Å². The maximum atomic E-state index is 5.36. The van der Waals surface area contributed by atoms with Crippen molar-refractivity contribution in [3.63, 3.8) is 0 Å². The summed E-state index contributed by atoms with van der Waals surface area (Å²) in [6.45, 7) is 5.55. The van der Waals surface area contributed by atoms with Gasteiger partial charge in [0.25, 0.3) is 0 Å². The number of rotatable bonds is 3. The Morgan fingerprint density at radius 3 is 1.41 bits per heavy atom. The van der Waals surface area contributed by atoms with Crippen LogP contribution in [0.15, 0.2) is 9.26 Å². The summed E-state index contributed by atoms with van der Waals surface area (Å²) in [4.78, 5) is 4.13. The Kier molecular flexibility index (Phi) is 3.60. The van der Waals surface area contributed by atoms with Crippen molar-refractivity contribution in [1.29, 1.82) is 0 Å². The van der Waals surface area contributed by atoms with Gasteiger partial charge in [-0.2, -0.15) is 0 Å². The van der Waals surface area contributed by atoms with Gasteiger partial charge in [0.2, 0.25) is 11.6 Å². The van der Waals surface area contributed by atoms with Crippen LogP contribution in [0.25, 0.3) is 11.4 Å². The zero-order chi connectivity index (χ0) is 14.8. The van der Waals surface area contributed by atoms with Crippen molar-refractivity contribution in [2.45, 2.75) is 0 Å². The van der Waals surface area contributed by atoms with Crippen LogP contribution in [0.2, 0.25) is 0 Å². The predicted molar refractivity (Wildman–Crippen MR) is 73.7 cm³/mol. The minimum Gasteiger partial charge on any atom is -0.378 e. The first-order valence-electron chi connectivity index (χ1n) is 7.24. The fourth-order valence-corrected chi connectivity index (χ4v) is 2.63. The highest BCUT2D eigenvalue weighted by atomic mass is 16.6. The second-order valence-corrected chi connectivity index (χ2v) is 5.07. The molecule has 2 aliphatic heterocycles. The first-order chi connectivity index (χ1) is 10.9. The Balaban J connectivity index is 1.65. The van der Waals surface area contributed by atoms with E-state index in [2.05, 4.69) is 30.4 Å². The van der Waals surface area contributed by atoms with Crippen LogP contribution >= 0.6 is 0 Å². The van der Waals surface area contributed by atoms with Gasteiger partial charge in [0.15, 0.2) is 11.4 Å². The van der Waals surface area contributed by atoms with Gasteiger partial charge in [0.05, 0.1) is 26.4 Å². The summed E-state index contributed by atoms with van der Waals surface area (Å²) in [7, 11) is 0. The number of ether oxygens (including phenoxy) is 2. The lowest BCUT2D eigenvalue weighted by molar-refractivity contribution is 0.122. The summed E-state index contributed by atoms with van der Waals surface area (Å²) in [6, 6.07) is 0. The van der Waals surface area contributed by atoms with Crippen LogP contribution in [0.4, 0.5) is 11.6 Å². The molecule has 22 heavy (non-hydrogen) atoms. The van der Waals surface area contributed by atoms with Crippen molar-refractivity contribution in [2.24, 2.45) is 0 Å². The van der Waals surface area contributed by atoms with E-state index in [-0.39, 0.29) is 0 Å². The second-order valence-electron chi connectivity index (χ2n) is 5.07. The van der Waals surface area contributed by atoms with Gasteiger partial charge in [-0.05, 0) is 20.6 Å². The third-order valence-corrected chi connectivity index (χ3v) is 3.79. The largest absolute Gasteiger partial charge is 0.378 e. The summed E-state index contributed by atoms with van der Waals surface area (Å²) >= 11 is 0. The van der Waals surface area contributed by atoms with E-state index in [0.29, 0.717) is 49.5 Å². The minimum absolute atomic E-state index is 0.546. The van der Waals surface area contributed by atoms with E-state index in [4.69, 9.17) is 18.7 Å². The van der Waals surface area contributed by atoms with Gasteiger partial charge in [0.1, 0.15) is 0 Å². The van der Waals surface area contributed by atoms with Gasteiger partial charge in [0, 0.05) is 26.2 Å². The van der Waals surface area contributed by atoms with Gasteiger partial charge < -0.3 is 19.3 Å². The number of hydrogen-bond donors (Lipinski definition) is 0. The number of aromatic nitrogens is 4. The molecule has 0 N–H and O–H groups in total. The van der Waals surface area contributed by atoms with Gasteiger partial charge in [-0.3, -0.25) is 0 Å². The molecule has 0 amide bonds. The third-order valence-electron chi connectivity index (χ3n) is 3.79. The molecule has 0 radical (unpaired) electrons. The molecule has 2 aliphatic rings. The molecular formula is C12H16N6O4. The molecule has 10 heteroatoms. The smallest absolute Gasteiger partial charge is 0.203 e. The molecule has 2 fully saturated rings. The maximum absolute atomic E-state index is 5.36. The molecular weight excluding hydrogens is 292 g/mol. The molecule has 2 aromatic heterocycles. The molecule has 2 aromatic rings. The topological polar surface area (TPSA) is 103 Å². The van der Waals surface area contributed by atoms with Crippen LogP contribution in [0, 0.1) is 0 Å². The molecule has 0 aliphatic carbocycles. The van der Waals surface area contributed by atoms with Crippen LogP contribution in [0.5, 0.6) is 0 Å². The molecule has 0 unspecified atom stereocenters. The molecule has 0 saturated carbocycles. The number of hydrogen-bond acceptors (Lipinski definition) is 10. The number of nitrogens with zero attached hydrogens (tertiary/aromatic N) is 6. The van der Waals surface area contributed by atoms with Crippen molar-refractivity contribution >= 4 is 11.6 Å². The maximum Gasteiger partial charge on any atom is 0.203 e. The zero-order valence-electron chi connectivity index (χ0n) is 12.0. The average molecular weight is 308 g/mol. The minimum atomic E-state index is 0.546. The van der Waals surface area contributed by atoms with Gasteiger partial charge in [-0.15, -0.1) is 0 Å². The normalized spacial score (nSPS) is 19.6. The van der Waals surface area contributed by atoms with Crippen LogP contribution in [0.1, 0.15) is 0 Å². The highest BCUT2D eigenvalue weighted by Crippen LogP contribution is 2.32. The van der Waals surface area contributed by atoms with E-state index in [1.807, 2.05) is 0 Å². The monoisotopic (exact) mass is 308 g/mol. The molecule has 118 valence electrons. The van der Waals surface area contributed by atoms with Crippen molar-refractivity contribution in [2.75, 3.05) is 62.4 Å². The summed E-state index contributed by atoms with van der Waals surface area (Å²) < 4.78 is 20.6. The van der Waals surface area contributed by atoms with Crippen molar-refractivity contribution in [3.05, 3.63) is 0 Å². The Bertz CT molecular complexity index is 562. The predicted octanol–water partition coefficient (Wildman–Crippen LogP) is -0.207. The Hall–Kier alpha value is -2.20. The van der Waals surface area contributed by atoms with E-state index in [1.54, 1.807) is 0 Å². The SMILES string of the molecule is C1CN(c2nonc2-c2nonc2N2CCOCC2)CCO1. The van der Waals surface area contributed by atoms with Crippen molar-refractivity contribution < 1.29 is 18.7 Å². The number of morpholine rings is 2. The highest BCUT2D eigenvalue weighted by molar-refractivity contribution is 5.76. The quantitative estimate of drug-likeness (QED) is 0.756. The molecule has 10 nitrogen and oxygen atoms in total. The molecule has 0 bridgehead atoms. The molecule has 0 atom stereocenters. The summed E-state index contributed by atoms with van der Waals surface area (Å²) in [5.41, 5.74) is 1.09. The zero-order valence-corrected chi connectivity index (χ0v) is 12.0. The van der Waals surface area contributed by atoms with Crippen LogP contribution in [-0.2, 0) is 9.47 Å². The van der Waals surface area contributed by atoms with Crippen molar-refractivity contribution in [3.8, 4) is 11.4 Å². The fourth-order valence-electron chi connectivity index (χ4n) is 2.63. The van der Waals surface area contributed by atoms with E-state index in [9.17, 15) is 0 Å². The lowest BCUT2D eigenvalue weighted by Gasteiger charge is -2.27. The molecule has 0 aromatic carbocycles. The molecule has 4 heterocycles. The van der Waals surface area contributed by atoms with Crippen molar-refractivity contribution in [1.82, 2.24) is 20.6 Å². The lowest BCUT2D eigenvalue weighted by atomic mass is 10.2. The first-order valence-corrected chi connectivity index (χ1v) is 7.24. The molecule has 4 rings (SSSR count). The van der Waals surface area contributed by atoms with E-state index in [0.717, 1.165) is 26.2 Å². The van der Waals surface area contributed by atoms with E-state index in [1.165, 1.54) is 0 Å². The lowest BCUT2D eigenvalue weighted by Crippen LogP contribution is -2.37. The second kappa shape index (κ2) is 5.89. The summed E-state index contributed by atoms with van der Waals surface area (Å²) in [6.07, 6.45) is 0. The van der Waals surface area contributed by atoms with E-state index >= 15 is 0 Å². The summed E-state index contributed by atoms with van der Waals surface area (Å²) in [5.74, 6) is 1.29. The Labute approximate surface area is 125 Å². The van der Waals surface area contributed by atoms with Gasteiger partial charge >= 0.3 is 0 Å². The van der Waals surface area contributed by atoms with Crippen LogP contribution < -0.4 is 9.80 Å². The Morgan fingerprint density at radius 2 is 1.00 bits per heavy atom. The third kappa shape index (κ3) is 2.40. The Morgan fingerprint density at radius 1 is 0.591 bits per heavy atom. The standard InChI is InChI=1S/C12H16N6O4/c1-5-19-6-2-17(1)11-9(13-21-15-11)10-12(16-22-14-10)18-3-7-20-8-4-18/h1-8H2. The summed E-state index contributed by atoms with van der Waals surface area (Å²) in [5, 5.41) is 16.0.